The molecule has 0 aliphatic rings. The van der Waals surface area contributed by atoms with Gasteiger partial charge in [-0.05, 0) is 46.3 Å². The number of anilines is 1. The number of nitriles is 1. The number of aromatic hydroxyl groups is 1. The Labute approximate surface area is 129 Å². The number of hydrogen-bond acceptors (Lipinski definition) is 4. The van der Waals surface area contributed by atoms with Gasteiger partial charge < -0.3 is 15.2 Å². The summed E-state index contributed by atoms with van der Waals surface area (Å²) in [5, 5.41) is 20.7. The van der Waals surface area contributed by atoms with Crippen LogP contribution in [-0.2, 0) is 0 Å². The van der Waals surface area contributed by atoms with Crippen LogP contribution in [0.15, 0.2) is 46.9 Å². The van der Waals surface area contributed by atoms with Gasteiger partial charge in [0.2, 0.25) is 0 Å². The van der Waals surface area contributed by atoms with Gasteiger partial charge in [0, 0.05) is 17.3 Å². The van der Waals surface area contributed by atoms with Gasteiger partial charge in [0.15, 0.2) is 6.61 Å². The Morgan fingerprint density at radius 2 is 2.14 bits per heavy atom. The van der Waals surface area contributed by atoms with Crippen LogP contribution >= 0.6 is 15.9 Å². The Morgan fingerprint density at radius 1 is 1.33 bits per heavy atom. The lowest BCUT2D eigenvalue weighted by atomic mass is 10.2. The number of amides is 1. The van der Waals surface area contributed by atoms with Crippen molar-refractivity contribution in [2.45, 2.75) is 0 Å². The molecule has 0 unspecified atom stereocenters. The Bertz CT molecular complexity index is 710. The number of hydrogen-bond donors (Lipinski definition) is 2. The number of carbonyl (C=O) groups is 1. The summed E-state index contributed by atoms with van der Waals surface area (Å²) in [5.41, 5.74) is 0.872. The SMILES string of the molecule is N#CCOc1cccc(NC(=O)c2ccc(Br)c(O)c2)c1. The molecule has 0 atom stereocenters. The lowest BCUT2D eigenvalue weighted by Crippen LogP contribution is -2.11. The van der Waals surface area contributed by atoms with E-state index in [1.165, 1.54) is 6.07 Å². The van der Waals surface area contributed by atoms with E-state index >= 15 is 0 Å². The molecule has 0 spiro atoms. The quantitative estimate of drug-likeness (QED) is 0.889. The smallest absolute Gasteiger partial charge is 0.255 e. The van der Waals surface area contributed by atoms with Crippen LogP contribution in [0, 0.1) is 11.3 Å². The molecule has 21 heavy (non-hydrogen) atoms. The van der Waals surface area contributed by atoms with Gasteiger partial charge in [-0.15, -0.1) is 0 Å². The summed E-state index contributed by atoms with van der Waals surface area (Å²) in [6.45, 7) is -0.0576. The minimum absolute atomic E-state index is 0.00578. The lowest BCUT2D eigenvalue weighted by molar-refractivity contribution is 0.102. The predicted molar refractivity (Wildman–Crippen MR) is 81.3 cm³/mol. The predicted octanol–water partition coefficient (Wildman–Crippen LogP) is 3.31. The normalized spacial score (nSPS) is 9.71. The largest absolute Gasteiger partial charge is 0.507 e. The Morgan fingerprint density at radius 3 is 2.86 bits per heavy atom. The van der Waals surface area contributed by atoms with Crippen LogP contribution in [0.2, 0.25) is 0 Å². The van der Waals surface area contributed by atoms with Crippen LogP contribution in [0.3, 0.4) is 0 Å². The van der Waals surface area contributed by atoms with Crippen LogP contribution in [0.5, 0.6) is 11.5 Å². The molecule has 2 aromatic carbocycles. The zero-order valence-electron chi connectivity index (χ0n) is 10.8. The highest BCUT2D eigenvalue weighted by Gasteiger charge is 2.09. The lowest BCUT2D eigenvalue weighted by Gasteiger charge is -2.08. The average molecular weight is 347 g/mol. The number of halogens is 1. The molecule has 0 radical (unpaired) electrons. The maximum absolute atomic E-state index is 12.1. The van der Waals surface area contributed by atoms with E-state index in [1.807, 2.05) is 6.07 Å². The maximum atomic E-state index is 12.1. The number of rotatable bonds is 4. The highest BCUT2D eigenvalue weighted by atomic mass is 79.9. The first-order valence-electron chi connectivity index (χ1n) is 6.00. The van der Waals surface area contributed by atoms with Gasteiger partial charge in [-0.3, -0.25) is 4.79 Å². The van der Waals surface area contributed by atoms with E-state index in [0.29, 0.717) is 21.5 Å². The Hall–Kier alpha value is -2.52. The molecule has 106 valence electrons. The number of carbonyl (C=O) groups excluding carboxylic acids is 1. The van der Waals surface area contributed by atoms with Crippen molar-refractivity contribution in [3.63, 3.8) is 0 Å². The molecule has 2 aromatic rings. The zero-order valence-corrected chi connectivity index (χ0v) is 12.4. The summed E-state index contributed by atoms with van der Waals surface area (Å²) in [4.78, 5) is 12.1. The van der Waals surface area contributed by atoms with Crippen LogP contribution in [0.4, 0.5) is 5.69 Å². The van der Waals surface area contributed by atoms with E-state index in [2.05, 4.69) is 21.2 Å². The van der Waals surface area contributed by atoms with Crippen LogP contribution < -0.4 is 10.1 Å². The molecular weight excluding hydrogens is 336 g/mol. The third-order valence-corrected chi connectivity index (χ3v) is 3.27. The molecule has 1 amide bonds. The zero-order chi connectivity index (χ0) is 15.2. The summed E-state index contributed by atoms with van der Waals surface area (Å²) in [6, 6.07) is 13.2. The molecule has 0 heterocycles. The first-order chi connectivity index (χ1) is 10.1. The second-order valence-corrected chi connectivity index (χ2v) is 4.95. The van der Waals surface area contributed by atoms with Gasteiger partial charge in [0.1, 0.15) is 17.6 Å². The number of phenolic OH excluding ortho intramolecular Hbond substituents is 1. The molecule has 0 bridgehead atoms. The van der Waals surface area contributed by atoms with Gasteiger partial charge in [0.25, 0.3) is 5.91 Å². The molecule has 2 N–H and O–H groups in total. The van der Waals surface area contributed by atoms with E-state index in [-0.39, 0.29) is 18.3 Å². The molecule has 0 saturated heterocycles. The minimum atomic E-state index is -0.352. The van der Waals surface area contributed by atoms with Crippen molar-refractivity contribution in [1.29, 1.82) is 5.26 Å². The molecule has 5 nitrogen and oxygen atoms in total. The fraction of sp³-hybridized carbons (Fsp3) is 0.0667. The standard InChI is InChI=1S/C15H11BrN2O3/c16-13-5-4-10(8-14(13)19)15(20)18-11-2-1-3-12(9-11)21-7-6-17/h1-5,8-9,19H,7H2,(H,18,20). The van der Waals surface area contributed by atoms with E-state index in [1.54, 1.807) is 36.4 Å². The number of benzene rings is 2. The molecule has 0 aliphatic carbocycles. The summed E-state index contributed by atoms with van der Waals surface area (Å²) in [6.07, 6.45) is 0. The number of ether oxygens (including phenoxy) is 1. The molecule has 0 fully saturated rings. The summed E-state index contributed by atoms with van der Waals surface area (Å²) in [5.74, 6) is 0.136. The fourth-order valence-electron chi connectivity index (χ4n) is 1.64. The summed E-state index contributed by atoms with van der Waals surface area (Å²) < 4.78 is 5.68. The van der Waals surface area contributed by atoms with Crippen LogP contribution in [0.25, 0.3) is 0 Å². The van der Waals surface area contributed by atoms with E-state index in [9.17, 15) is 9.90 Å². The van der Waals surface area contributed by atoms with E-state index in [0.717, 1.165) is 0 Å². The maximum Gasteiger partial charge on any atom is 0.255 e. The van der Waals surface area contributed by atoms with Gasteiger partial charge in [-0.1, -0.05) is 6.07 Å². The van der Waals surface area contributed by atoms with Gasteiger partial charge in [-0.25, -0.2) is 0 Å². The number of phenols is 1. The first-order valence-corrected chi connectivity index (χ1v) is 6.79. The monoisotopic (exact) mass is 346 g/mol. The highest BCUT2D eigenvalue weighted by molar-refractivity contribution is 9.10. The number of nitrogens with zero attached hydrogens (tertiary/aromatic N) is 1. The molecule has 0 saturated carbocycles. The average Bonchev–Trinajstić information content (AvgIpc) is 2.48. The van der Waals surface area contributed by atoms with Crippen molar-refractivity contribution in [3.05, 3.63) is 52.5 Å². The second-order valence-electron chi connectivity index (χ2n) is 4.09. The molecule has 0 aromatic heterocycles. The Kier molecular flexibility index (Phi) is 4.80. The van der Waals surface area contributed by atoms with Crippen molar-refractivity contribution in [2.75, 3.05) is 11.9 Å². The topological polar surface area (TPSA) is 82.3 Å². The first kappa shape index (κ1) is 14.9. The minimum Gasteiger partial charge on any atom is -0.507 e. The Balaban J connectivity index is 2.12. The van der Waals surface area contributed by atoms with Crippen molar-refractivity contribution in [3.8, 4) is 17.6 Å². The number of nitrogens with one attached hydrogen (secondary N) is 1. The molecular formula is C15H11BrN2O3. The third kappa shape index (κ3) is 3.97. The van der Waals surface area contributed by atoms with E-state index < -0.39 is 0 Å². The van der Waals surface area contributed by atoms with Crippen molar-refractivity contribution in [1.82, 2.24) is 0 Å². The summed E-state index contributed by atoms with van der Waals surface area (Å²) in [7, 11) is 0. The van der Waals surface area contributed by atoms with Crippen molar-refractivity contribution < 1.29 is 14.6 Å². The van der Waals surface area contributed by atoms with E-state index in [4.69, 9.17) is 10.00 Å². The fourth-order valence-corrected chi connectivity index (χ4v) is 1.88. The summed E-state index contributed by atoms with van der Waals surface area (Å²) >= 11 is 3.15. The van der Waals surface area contributed by atoms with Gasteiger partial charge in [-0.2, -0.15) is 5.26 Å². The highest BCUT2D eigenvalue weighted by Crippen LogP contribution is 2.25. The molecule has 6 heteroatoms. The van der Waals surface area contributed by atoms with Crippen LogP contribution in [-0.4, -0.2) is 17.6 Å². The molecule has 2 rings (SSSR count). The van der Waals surface area contributed by atoms with Crippen molar-refractivity contribution >= 4 is 27.5 Å². The third-order valence-electron chi connectivity index (χ3n) is 2.60. The van der Waals surface area contributed by atoms with Gasteiger partial charge >= 0.3 is 0 Å². The van der Waals surface area contributed by atoms with Crippen molar-refractivity contribution in [2.24, 2.45) is 0 Å². The molecule has 0 aliphatic heterocycles. The van der Waals surface area contributed by atoms with Gasteiger partial charge in [0.05, 0.1) is 4.47 Å². The second kappa shape index (κ2) is 6.77. The van der Waals surface area contributed by atoms with Crippen LogP contribution in [0.1, 0.15) is 10.4 Å².